The molecule has 0 unspecified atom stereocenters. The van der Waals surface area contributed by atoms with Gasteiger partial charge in [0.2, 0.25) is 0 Å². The summed E-state index contributed by atoms with van der Waals surface area (Å²) in [7, 11) is 1.42. The lowest BCUT2D eigenvalue weighted by Gasteiger charge is -2.34. The minimum atomic E-state index is -0.159. The highest BCUT2D eigenvalue weighted by Gasteiger charge is 2.26. The van der Waals surface area contributed by atoms with Crippen LogP contribution in [0.5, 0.6) is 0 Å². The van der Waals surface area contributed by atoms with E-state index in [1.165, 1.54) is 7.11 Å². The van der Waals surface area contributed by atoms with Gasteiger partial charge in [0.1, 0.15) is 0 Å². The minimum Gasteiger partial charge on any atom is -0.469 e. The Balaban J connectivity index is 2.18. The van der Waals surface area contributed by atoms with E-state index in [0.717, 1.165) is 26.1 Å². The van der Waals surface area contributed by atoms with Gasteiger partial charge < -0.3 is 14.8 Å². The fourth-order valence-corrected chi connectivity index (χ4v) is 1.57. The van der Waals surface area contributed by atoms with E-state index >= 15 is 0 Å². The third-order valence-electron chi connectivity index (χ3n) is 2.70. The van der Waals surface area contributed by atoms with Crippen LogP contribution in [0.4, 0.5) is 0 Å². The fraction of sp³-hybridized carbons (Fsp3) is 0.900. The average Bonchev–Trinajstić information content (AvgIpc) is 2.18. The molecule has 0 spiro atoms. The third-order valence-corrected chi connectivity index (χ3v) is 2.70. The largest absolute Gasteiger partial charge is 0.469 e. The van der Waals surface area contributed by atoms with Crippen molar-refractivity contribution >= 4 is 5.97 Å². The van der Waals surface area contributed by atoms with Gasteiger partial charge in [-0.3, -0.25) is 4.79 Å². The zero-order chi connectivity index (χ0) is 10.4. The molecule has 1 aliphatic heterocycles. The van der Waals surface area contributed by atoms with Crippen LogP contribution < -0.4 is 5.32 Å². The topological polar surface area (TPSA) is 47.6 Å². The molecule has 0 radical (unpaired) electrons. The Bertz CT molecular complexity index is 188. The number of carbonyl (C=O) groups is 1. The highest BCUT2D eigenvalue weighted by atomic mass is 16.5. The Kier molecular flexibility index (Phi) is 4.35. The molecular formula is C10H19NO3. The lowest BCUT2D eigenvalue weighted by molar-refractivity contribution is -0.140. The summed E-state index contributed by atoms with van der Waals surface area (Å²) < 4.78 is 9.85. The molecule has 0 amide bonds. The maximum atomic E-state index is 10.9. The predicted molar refractivity (Wildman–Crippen MR) is 53.1 cm³/mol. The van der Waals surface area contributed by atoms with Crippen molar-refractivity contribution in [2.24, 2.45) is 0 Å². The first-order valence-electron chi connectivity index (χ1n) is 5.06. The molecule has 0 aromatic carbocycles. The SMILES string of the molecule is COC(=O)CCNC1(C)CCOCC1. The van der Waals surface area contributed by atoms with E-state index in [-0.39, 0.29) is 11.5 Å². The normalized spacial score (nSPS) is 20.4. The van der Waals surface area contributed by atoms with Crippen LogP contribution in [0.3, 0.4) is 0 Å². The van der Waals surface area contributed by atoms with Crippen molar-refractivity contribution in [1.82, 2.24) is 5.32 Å². The van der Waals surface area contributed by atoms with Crippen molar-refractivity contribution in [3.63, 3.8) is 0 Å². The third kappa shape index (κ3) is 3.64. The second-order valence-corrected chi connectivity index (χ2v) is 3.93. The van der Waals surface area contributed by atoms with Crippen molar-refractivity contribution in [2.45, 2.75) is 31.7 Å². The van der Waals surface area contributed by atoms with Crippen molar-refractivity contribution in [2.75, 3.05) is 26.9 Å². The molecule has 0 aliphatic carbocycles. The standard InChI is InChI=1S/C10H19NO3/c1-10(4-7-14-8-5-10)11-6-3-9(12)13-2/h11H,3-8H2,1-2H3. The van der Waals surface area contributed by atoms with Crippen LogP contribution in [0.2, 0.25) is 0 Å². The molecule has 0 aromatic heterocycles. The highest BCUT2D eigenvalue weighted by Crippen LogP contribution is 2.19. The van der Waals surface area contributed by atoms with Crippen molar-refractivity contribution in [3.8, 4) is 0 Å². The Morgan fingerprint density at radius 1 is 1.50 bits per heavy atom. The summed E-state index contributed by atoms with van der Waals surface area (Å²) in [6.45, 7) is 4.47. The molecule has 0 atom stereocenters. The van der Waals surface area contributed by atoms with Crippen molar-refractivity contribution < 1.29 is 14.3 Å². The Morgan fingerprint density at radius 3 is 2.71 bits per heavy atom. The first-order valence-corrected chi connectivity index (χ1v) is 5.06. The molecule has 4 heteroatoms. The molecule has 1 rings (SSSR count). The lowest BCUT2D eigenvalue weighted by atomic mass is 9.92. The van der Waals surface area contributed by atoms with E-state index < -0.39 is 0 Å². The predicted octanol–water partition coefficient (Wildman–Crippen LogP) is 0.708. The number of rotatable bonds is 4. The molecule has 14 heavy (non-hydrogen) atoms. The number of hydrogen-bond acceptors (Lipinski definition) is 4. The summed E-state index contributed by atoms with van der Waals surface area (Å²) in [6, 6.07) is 0. The van der Waals surface area contributed by atoms with Crippen molar-refractivity contribution in [1.29, 1.82) is 0 Å². The second kappa shape index (κ2) is 5.32. The first kappa shape index (κ1) is 11.5. The van der Waals surface area contributed by atoms with E-state index in [9.17, 15) is 4.79 Å². The maximum absolute atomic E-state index is 10.9. The van der Waals surface area contributed by atoms with Gasteiger partial charge in [0, 0.05) is 25.3 Å². The van der Waals surface area contributed by atoms with Gasteiger partial charge in [0.05, 0.1) is 13.5 Å². The van der Waals surface area contributed by atoms with Gasteiger partial charge in [-0.25, -0.2) is 0 Å². The van der Waals surface area contributed by atoms with Crippen LogP contribution in [-0.2, 0) is 14.3 Å². The van der Waals surface area contributed by atoms with Crippen LogP contribution in [0, 0.1) is 0 Å². The zero-order valence-corrected chi connectivity index (χ0v) is 8.97. The smallest absolute Gasteiger partial charge is 0.306 e. The van der Waals surface area contributed by atoms with E-state index in [0.29, 0.717) is 13.0 Å². The van der Waals surface area contributed by atoms with E-state index in [4.69, 9.17) is 4.74 Å². The fourth-order valence-electron chi connectivity index (χ4n) is 1.57. The number of hydrogen-bond donors (Lipinski definition) is 1. The number of methoxy groups -OCH3 is 1. The maximum Gasteiger partial charge on any atom is 0.306 e. The summed E-state index contributed by atoms with van der Waals surface area (Å²) in [6.07, 6.45) is 2.45. The van der Waals surface area contributed by atoms with E-state index in [2.05, 4.69) is 17.0 Å². The van der Waals surface area contributed by atoms with Crippen LogP contribution >= 0.6 is 0 Å². The van der Waals surface area contributed by atoms with Gasteiger partial charge in [0.15, 0.2) is 0 Å². The highest BCUT2D eigenvalue weighted by molar-refractivity contribution is 5.69. The van der Waals surface area contributed by atoms with Crippen molar-refractivity contribution in [3.05, 3.63) is 0 Å². The van der Waals surface area contributed by atoms with Gasteiger partial charge in [-0.1, -0.05) is 0 Å². The molecule has 0 saturated carbocycles. The first-order chi connectivity index (χ1) is 6.66. The molecule has 0 bridgehead atoms. The molecule has 82 valence electrons. The van der Waals surface area contributed by atoms with Gasteiger partial charge >= 0.3 is 5.97 Å². The van der Waals surface area contributed by atoms with E-state index in [1.807, 2.05) is 0 Å². The lowest BCUT2D eigenvalue weighted by Crippen LogP contribution is -2.47. The van der Waals surface area contributed by atoms with Crippen LogP contribution in [0.1, 0.15) is 26.2 Å². The second-order valence-electron chi connectivity index (χ2n) is 3.93. The Morgan fingerprint density at radius 2 is 2.14 bits per heavy atom. The molecule has 1 fully saturated rings. The average molecular weight is 201 g/mol. The number of esters is 1. The molecule has 1 heterocycles. The van der Waals surface area contributed by atoms with Crippen LogP contribution in [0.15, 0.2) is 0 Å². The monoisotopic (exact) mass is 201 g/mol. The molecule has 1 N–H and O–H groups in total. The van der Waals surface area contributed by atoms with Crippen LogP contribution in [-0.4, -0.2) is 38.4 Å². The Labute approximate surface area is 85.0 Å². The Hall–Kier alpha value is -0.610. The minimum absolute atomic E-state index is 0.131. The quantitative estimate of drug-likeness (QED) is 0.680. The molecule has 4 nitrogen and oxygen atoms in total. The molecule has 0 aromatic rings. The number of nitrogens with one attached hydrogen (secondary N) is 1. The summed E-state index contributed by atoms with van der Waals surface area (Å²) in [5.41, 5.74) is 0.131. The molecular weight excluding hydrogens is 182 g/mol. The van der Waals surface area contributed by atoms with E-state index in [1.54, 1.807) is 0 Å². The van der Waals surface area contributed by atoms with Crippen LogP contribution in [0.25, 0.3) is 0 Å². The zero-order valence-electron chi connectivity index (χ0n) is 8.97. The van der Waals surface area contributed by atoms with Gasteiger partial charge in [-0.15, -0.1) is 0 Å². The number of ether oxygens (including phenoxy) is 2. The van der Waals surface area contributed by atoms with Gasteiger partial charge in [-0.05, 0) is 19.8 Å². The summed E-state index contributed by atoms with van der Waals surface area (Å²) in [5.74, 6) is -0.159. The summed E-state index contributed by atoms with van der Waals surface area (Å²) in [5, 5.41) is 3.38. The summed E-state index contributed by atoms with van der Waals surface area (Å²) >= 11 is 0. The summed E-state index contributed by atoms with van der Waals surface area (Å²) in [4.78, 5) is 10.9. The molecule has 1 saturated heterocycles. The molecule has 1 aliphatic rings. The van der Waals surface area contributed by atoms with Gasteiger partial charge in [0.25, 0.3) is 0 Å². The van der Waals surface area contributed by atoms with Gasteiger partial charge in [-0.2, -0.15) is 0 Å². The number of carbonyl (C=O) groups excluding carboxylic acids is 1.